The third kappa shape index (κ3) is 3.76. The van der Waals surface area contributed by atoms with Crippen molar-refractivity contribution >= 4 is 23.4 Å². The quantitative estimate of drug-likeness (QED) is 0.469. The van der Waals surface area contributed by atoms with E-state index in [4.69, 9.17) is 0 Å². The molecule has 9 nitrogen and oxygen atoms in total. The second kappa shape index (κ2) is 8.51. The zero-order valence-electron chi connectivity index (χ0n) is 17.7. The Morgan fingerprint density at radius 3 is 2.69 bits per heavy atom. The molecule has 0 aliphatic carbocycles. The molecule has 1 saturated heterocycles. The zero-order chi connectivity index (χ0) is 22.1. The van der Waals surface area contributed by atoms with Gasteiger partial charge < -0.3 is 4.90 Å². The number of nitriles is 1. The lowest BCUT2D eigenvalue weighted by Gasteiger charge is -2.27. The highest BCUT2D eigenvalue weighted by Gasteiger charge is 2.22. The highest BCUT2D eigenvalue weighted by atomic mass is 32.2. The fourth-order valence-corrected chi connectivity index (χ4v) is 4.74. The first-order valence-corrected chi connectivity index (χ1v) is 11.5. The van der Waals surface area contributed by atoms with Crippen LogP contribution in [-0.2, 0) is 5.75 Å². The molecule has 1 N–H and O–H groups in total. The molecule has 0 saturated carbocycles. The number of aromatic amines is 1. The molecular weight excluding hydrogens is 424 g/mol. The molecule has 32 heavy (non-hydrogen) atoms. The van der Waals surface area contributed by atoms with Gasteiger partial charge in [0.1, 0.15) is 11.6 Å². The molecule has 0 amide bonds. The first-order chi connectivity index (χ1) is 15.6. The molecule has 1 aliphatic heterocycles. The van der Waals surface area contributed by atoms with Crippen LogP contribution >= 0.6 is 11.8 Å². The second-order valence-electron chi connectivity index (χ2n) is 7.83. The Kier molecular flexibility index (Phi) is 5.41. The molecule has 3 aromatic heterocycles. The molecule has 0 radical (unpaired) electrons. The highest BCUT2D eigenvalue weighted by Crippen LogP contribution is 2.30. The van der Waals surface area contributed by atoms with Crippen LogP contribution in [0, 0.1) is 18.3 Å². The number of nitrogens with zero attached hydrogens (tertiary/aromatic N) is 7. The van der Waals surface area contributed by atoms with Gasteiger partial charge in [-0.2, -0.15) is 5.26 Å². The van der Waals surface area contributed by atoms with Gasteiger partial charge in [-0.25, -0.2) is 9.50 Å². The molecule has 1 fully saturated rings. The van der Waals surface area contributed by atoms with Crippen molar-refractivity contribution in [3.05, 3.63) is 63.7 Å². The van der Waals surface area contributed by atoms with Gasteiger partial charge in [-0.3, -0.25) is 14.5 Å². The molecule has 0 bridgehead atoms. The largest absolute Gasteiger partial charge is 0.341 e. The third-order valence-electron chi connectivity index (χ3n) is 5.57. The van der Waals surface area contributed by atoms with Gasteiger partial charge in [-0.05, 0) is 38.3 Å². The zero-order valence-corrected chi connectivity index (χ0v) is 18.5. The van der Waals surface area contributed by atoms with Crippen molar-refractivity contribution in [3.63, 3.8) is 0 Å². The maximum Gasteiger partial charge on any atom is 0.272 e. The molecule has 1 aromatic carbocycles. The number of nitrogens with one attached hydrogen (secondary N) is 1. The van der Waals surface area contributed by atoms with Crippen LogP contribution in [0.1, 0.15) is 36.1 Å². The van der Waals surface area contributed by atoms with Gasteiger partial charge >= 0.3 is 0 Å². The van der Waals surface area contributed by atoms with Crippen LogP contribution in [-0.4, -0.2) is 42.5 Å². The lowest BCUT2D eigenvalue weighted by atomic mass is 10.1. The standard InChI is InChI=1S/C22H22N8OS/c1-15-5-7-18(8-6-15)29-21(28-9-3-2-4-10-28)26-27-22(29)32-14-17-11-19(31)30-20(25-17)16(12-23)13-24-30/h5-8,11,13,24H,2-4,9-10,14H2,1H3. The summed E-state index contributed by atoms with van der Waals surface area (Å²) >= 11 is 1.48. The number of thioether (sulfide) groups is 1. The summed E-state index contributed by atoms with van der Waals surface area (Å²) in [5, 5.41) is 21.8. The number of hydrogen-bond acceptors (Lipinski definition) is 7. The van der Waals surface area contributed by atoms with E-state index in [2.05, 4.69) is 67.0 Å². The van der Waals surface area contributed by atoms with Gasteiger partial charge in [0.25, 0.3) is 5.56 Å². The average Bonchev–Trinajstić information content (AvgIpc) is 3.43. The Bertz CT molecular complexity index is 1360. The van der Waals surface area contributed by atoms with E-state index in [-0.39, 0.29) is 5.56 Å². The summed E-state index contributed by atoms with van der Waals surface area (Å²) in [7, 11) is 0. The Morgan fingerprint density at radius 1 is 1.16 bits per heavy atom. The van der Waals surface area contributed by atoms with E-state index < -0.39 is 0 Å². The average molecular weight is 447 g/mol. The molecule has 0 atom stereocenters. The number of hydrogen-bond donors (Lipinski definition) is 1. The van der Waals surface area contributed by atoms with Crippen molar-refractivity contribution in [2.24, 2.45) is 0 Å². The monoisotopic (exact) mass is 446 g/mol. The minimum Gasteiger partial charge on any atom is -0.341 e. The molecule has 4 heterocycles. The summed E-state index contributed by atoms with van der Waals surface area (Å²) in [4.78, 5) is 19.2. The van der Waals surface area contributed by atoms with Gasteiger partial charge in [0.15, 0.2) is 10.8 Å². The smallest absolute Gasteiger partial charge is 0.272 e. The lowest BCUT2D eigenvalue weighted by molar-refractivity contribution is 0.564. The lowest BCUT2D eigenvalue weighted by Crippen LogP contribution is -2.31. The number of anilines is 1. The van der Waals surface area contributed by atoms with E-state index in [9.17, 15) is 10.1 Å². The van der Waals surface area contributed by atoms with Crippen molar-refractivity contribution < 1.29 is 0 Å². The molecule has 1 aliphatic rings. The molecule has 5 rings (SSSR count). The predicted octanol–water partition coefficient (Wildman–Crippen LogP) is 3.07. The van der Waals surface area contributed by atoms with E-state index in [1.165, 1.54) is 40.5 Å². The van der Waals surface area contributed by atoms with Gasteiger partial charge in [0, 0.05) is 31.1 Å². The number of fused-ring (bicyclic) bond motifs is 1. The second-order valence-corrected chi connectivity index (χ2v) is 8.78. The number of benzene rings is 1. The summed E-state index contributed by atoms with van der Waals surface area (Å²) in [5.41, 5.74) is 3.21. The van der Waals surface area contributed by atoms with E-state index in [1.807, 2.05) is 0 Å². The topological polar surface area (TPSA) is 108 Å². The van der Waals surface area contributed by atoms with Crippen molar-refractivity contribution in [1.29, 1.82) is 5.26 Å². The summed E-state index contributed by atoms with van der Waals surface area (Å²) < 4.78 is 3.35. The minimum absolute atomic E-state index is 0.249. The Labute approximate surface area is 188 Å². The molecular formula is C22H22N8OS. The number of rotatable bonds is 5. The molecule has 0 unspecified atom stereocenters. The van der Waals surface area contributed by atoms with Crippen molar-refractivity contribution in [2.75, 3.05) is 18.0 Å². The summed E-state index contributed by atoms with van der Waals surface area (Å²) in [6.07, 6.45) is 5.02. The predicted molar refractivity (Wildman–Crippen MR) is 122 cm³/mol. The molecule has 0 spiro atoms. The van der Waals surface area contributed by atoms with Gasteiger partial charge in [-0.1, -0.05) is 29.5 Å². The molecule has 10 heteroatoms. The first-order valence-electron chi connectivity index (χ1n) is 10.5. The summed E-state index contributed by atoms with van der Waals surface area (Å²) in [6, 6.07) is 11.9. The van der Waals surface area contributed by atoms with E-state index >= 15 is 0 Å². The van der Waals surface area contributed by atoms with Crippen LogP contribution in [0.4, 0.5) is 5.95 Å². The van der Waals surface area contributed by atoms with Gasteiger partial charge in [-0.15, -0.1) is 10.2 Å². The van der Waals surface area contributed by atoms with Crippen molar-refractivity contribution in [3.8, 4) is 11.8 Å². The van der Waals surface area contributed by atoms with Crippen LogP contribution < -0.4 is 10.5 Å². The molecule has 4 aromatic rings. The highest BCUT2D eigenvalue weighted by molar-refractivity contribution is 7.98. The number of aryl methyl sites for hydroxylation is 1. The van der Waals surface area contributed by atoms with Crippen molar-refractivity contribution in [1.82, 2.24) is 29.4 Å². The number of piperidine rings is 1. The van der Waals surface area contributed by atoms with Gasteiger partial charge in [0.05, 0.1) is 11.4 Å². The number of aromatic nitrogens is 6. The van der Waals surface area contributed by atoms with Crippen LogP contribution in [0.3, 0.4) is 0 Å². The SMILES string of the molecule is Cc1ccc(-n2c(SCc3cc(=O)n4[nH]cc(C#N)c4n3)nnc2N2CCCCC2)cc1. The number of H-pyrrole nitrogens is 1. The van der Waals surface area contributed by atoms with E-state index in [1.54, 1.807) is 0 Å². The fraction of sp³-hybridized carbons (Fsp3) is 0.318. The van der Waals surface area contributed by atoms with Crippen LogP contribution in [0.2, 0.25) is 0 Å². The fourth-order valence-electron chi connectivity index (χ4n) is 3.90. The normalized spacial score (nSPS) is 14.1. The Hall–Kier alpha value is -3.58. The maximum absolute atomic E-state index is 12.4. The summed E-state index contributed by atoms with van der Waals surface area (Å²) in [5.74, 6) is 1.28. The molecule has 162 valence electrons. The summed E-state index contributed by atoms with van der Waals surface area (Å²) in [6.45, 7) is 4.00. The third-order valence-corrected chi connectivity index (χ3v) is 6.53. The van der Waals surface area contributed by atoms with E-state index in [0.717, 1.165) is 42.7 Å². The minimum atomic E-state index is -0.249. The van der Waals surface area contributed by atoms with Crippen LogP contribution in [0.25, 0.3) is 11.3 Å². The Morgan fingerprint density at radius 2 is 1.94 bits per heavy atom. The maximum atomic E-state index is 12.4. The van der Waals surface area contributed by atoms with Crippen molar-refractivity contribution in [2.45, 2.75) is 37.1 Å². The van der Waals surface area contributed by atoms with Crippen LogP contribution in [0.5, 0.6) is 0 Å². The first kappa shape index (κ1) is 20.3. The van der Waals surface area contributed by atoms with E-state index in [0.29, 0.717) is 22.7 Å². The Balaban J connectivity index is 1.49. The van der Waals surface area contributed by atoms with Crippen LogP contribution in [0.15, 0.2) is 46.5 Å². The van der Waals surface area contributed by atoms with Gasteiger partial charge in [0.2, 0.25) is 5.95 Å².